The number of imide groups is 1. The van der Waals surface area contributed by atoms with Crippen molar-refractivity contribution in [1.82, 2.24) is 5.32 Å². The fraction of sp³-hybridized carbons (Fsp3) is 0.182. The molecule has 0 bridgehead atoms. The van der Waals surface area contributed by atoms with E-state index in [1.807, 2.05) is 18.2 Å². The number of hydrogen-bond donors (Lipinski definition) is 1. The molecule has 0 aliphatic rings. The number of carbonyl (C=O) groups excluding carboxylic acids is 2. The first-order chi connectivity index (χ1) is 6.70. The fourth-order valence-electron chi connectivity index (χ4n) is 0.603. The van der Waals surface area contributed by atoms with Gasteiger partial charge in [-0.3, -0.25) is 0 Å². The summed E-state index contributed by atoms with van der Waals surface area (Å²) in [5.41, 5.74) is 1.27. The third kappa shape index (κ3) is 11.0. The normalized spacial score (nSPS) is 7.60. The largest absolute Gasteiger partial charge is 0.464 e. The molecule has 1 aromatic carbocycles. The Bertz CT molecular complexity index is 275. The van der Waals surface area contributed by atoms with E-state index in [-0.39, 0.29) is 27.5 Å². The van der Waals surface area contributed by atoms with Crippen molar-refractivity contribution < 1.29 is 30.7 Å². The summed E-state index contributed by atoms with van der Waals surface area (Å²) in [6.45, 7) is 5.27. The third-order valence-electron chi connectivity index (χ3n) is 1.28. The average Bonchev–Trinajstić information content (AvgIpc) is 2.20. The molecule has 0 atom stereocenters. The first-order valence-electron chi connectivity index (χ1n) is 4.08. The van der Waals surface area contributed by atoms with Gasteiger partial charge in [-0.15, -0.1) is 0 Å². The number of carbonyl (C=O) groups is 1. The zero-order valence-electron chi connectivity index (χ0n) is 8.45. The summed E-state index contributed by atoms with van der Waals surface area (Å²) < 4.78 is 0. The van der Waals surface area contributed by atoms with Gasteiger partial charge in [-0.1, -0.05) is 6.92 Å². The van der Waals surface area contributed by atoms with Gasteiger partial charge in [0, 0.05) is 27.0 Å². The van der Waals surface area contributed by atoms with Crippen molar-refractivity contribution in [3.8, 4) is 0 Å². The van der Waals surface area contributed by atoms with Crippen LogP contribution in [0.15, 0.2) is 24.3 Å². The average molecular weight is 374 g/mol. The van der Waals surface area contributed by atoms with Crippen LogP contribution >= 0.6 is 0 Å². The van der Waals surface area contributed by atoms with E-state index < -0.39 is 5.91 Å². The monoisotopic (exact) mass is 374 g/mol. The summed E-state index contributed by atoms with van der Waals surface area (Å²) in [6.07, 6.45) is 1.31. The van der Waals surface area contributed by atoms with Crippen LogP contribution in [0.4, 0.5) is 0 Å². The van der Waals surface area contributed by atoms with Gasteiger partial charge in [0.15, 0.2) is 0 Å². The molecule has 0 unspecified atom stereocenters. The Kier molecular flexibility index (Phi) is 12.2. The molecule has 82 valence electrons. The first kappa shape index (κ1) is 16.5. The Labute approximate surface area is 105 Å². The molecule has 0 aromatic heterocycles. The molecule has 4 heteroatoms. The van der Waals surface area contributed by atoms with Gasteiger partial charge in [0.05, 0.1) is 6.41 Å². The van der Waals surface area contributed by atoms with Gasteiger partial charge in [0.2, 0.25) is 0 Å². The second-order valence-corrected chi connectivity index (χ2v) is 2.48. The van der Waals surface area contributed by atoms with Crippen molar-refractivity contribution in [2.45, 2.75) is 13.3 Å². The van der Waals surface area contributed by atoms with Gasteiger partial charge in [-0.2, -0.15) is 42.3 Å². The third-order valence-corrected chi connectivity index (χ3v) is 1.28. The van der Waals surface area contributed by atoms with Gasteiger partial charge < -0.3 is 21.8 Å². The Balaban J connectivity index is 0. The van der Waals surface area contributed by atoms with Crippen molar-refractivity contribution in [2.24, 2.45) is 0 Å². The van der Waals surface area contributed by atoms with E-state index in [0.717, 1.165) is 0 Å². The predicted molar refractivity (Wildman–Crippen MR) is 53.8 cm³/mol. The Morgan fingerprint density at radius 3 is 2.53 bits per heavy atom. The van der Waals surface area contributed by atoms with Gasteiger partial charge in [0.25, 0.3) is 0 Å². The molecule has 0 saturated heterocycles. The van der Waals surface area contributed by atoms with Crippen LogP contribution in [0, 0.1) is 19.9 Å². The van der Waals surface area contributed by atoms with Crippen LogP contribution in [0.2, 0.25) is 0 Å². The van der Waals surface area contributed by atoms with Crippen molar-refractivity contribution >= 4 is 12.3 Å². The standard InChI is InChI=1S/C7H7.C4H5NO2.W/c1-7-5-3-2-4-6-7;1-2-4(7)5-3-6;/h2-3,5-6H,1H3;1-2H2,(H,5,6,7);/q-1;-2;. The van der Waals surface area contributed by atoms with E-state index in [4.69, 9.17) is 0 Å². The minimum Gasteiger partial charge on any atom is -0.464 e. The summed E-state index contributed by atoms with van der Waals surface area (Å²) in [4.78, 5) is 19.3. The summed E-state index contributed by atoms with van der Waals surface area (Å²) in [5.74, 6) is -0.407. The van der Waals surface area contributed by atoms with E-state index in [0.29, 0.717) is 0 Å². The summed E-state index contributed by atoms with van der Waals surface area (Å²) in [7, 11) is 0. The molecule has 3 nitrogen and oxygen atoms in total. The molecule has 0 spiro atoms. The van der Waals surface area contributed by atoms with Crippen LogP contribution in [0.5, 0.6) is 0 Å². The maximum absolute atomic E-state index is 9.98. The number of amides is 2. The van der Waals surface area contributed by atoms with E-state index in [1.54, 1.807) is 5.32 Å². The van der Waals surface area contributed by atoms with Crippen molar-refractivity contribution in [3.05, 3.63) is 42.8 Å². The van der Waals surface area contributed by atoms with E-state index in [9.17, 15) is 9.59 Å². The second kappa shape index (κ2) is 11.1. The SMILES string of the molecule is Cc1c[c-]ccc1.[CH2-]CC(=O)N[C-]=O.[W]. The zero-order chi connectivity index (χ0) is 10.8. The summed E-state index contributed by atoms with van der Waals surface area (Å²) in [6, 6.07) is 10.8. The second-order valence-electron chi connectivity index (χ2n) is 2.48. The molecule has 0 saturated carbocycles. The van der Waals surface area contributed by atoms with E-state index >= 15 is 0 Å². The van der Waals surface area contributed by atoms with Crippen LogP contribution in [0.3, 0.4) is 0 Å². The Morgan fingerprint density at radius 2 is 2.33 bits per heavy atom. The molecular formula is C11H12NO2W-3. The van der Waals surface area contributed by atoms with Crippen LogP contribution in [0.1, 0.15) is 12.0 Å². The molecule has 0 fully saturated rings. The molecule has 15 heavy (non-hydrogen) atoms. The predicted octanol–water partition coefficient (Wildman–Crippen LogP) is 1.19. The summed E-state index contributed by atoms with van der Waals surface area (Å²) in [5, 5.41) is 1.79. The number of aryl methyl sites for hydroxylation is 1. The number of rotatable bonds is 2. The minimum absolute atomic E-state index is 0. The quantitative estimate of drug-likeness (QED) is 0.625. The number of benzene rings is 1. The molecular weight excluding hydrogens is 362 g/mol. The molecule has 0 aliphatic carbocycles. The van der Waals surface area contributed by atoms with Gasteiger partial charge >= 0.3 is 0 Å². The summed E-state index contributed by atoms with van der Waals surface area (Å²) >= 11 is 0. The smallest absolute Gasteiger partial charge is 0.0713 e. The molecule has 1 N–H and O–H groups in total. The maximum Gasteiger partial charge on any atom is 0.0713 e. The van der Waals surface area contributed by atoms with Crippen LogP contribution in [-0.4, -0.2) is 12.3 Å². The molecule has 1 aromatic rings. The maximum atomic E-state index is 9.98. The van der Waals surface area contributed by atoms with Crippen LogP contribution in [-0.2, 0) is 30.7 Å². The van der Waals surface area contributed by atoms with E-state index in [2.05, 4.69) is 26.0 Å². The van der Waals surface area contributed by atoms with Crippen molar-refractivity contribution in [1.29, 1.82) is 0 Å². The zero-order valence-corrected chi connectivity index (χ0v) is 11.4. The van der Waals surface area contributed by atoms with Crippen molar-refractivity contribution in [2.75, 3.05) is 0 Å². The van der Waals surface area contributed by atoms with Gasteiger partial charge in [-0.05, 0) is 0 Å². The van der Waals surface area contributed by atoms with Crippen LogP contribution in [0.25, 0.3) is 0 Å². The topological polar surface area (TPSA) is 46.2 Å². The van der Waals surface area contributed by atoms with Crippen molar-refractivity contribution in [3.63, 3.8) is 0 Å². The van der Waals surface area contributed by atoms with E-state index in [1.165, 1.54) is 12.0 Å². The minimum atomic E-state index is -0.407. The van der Waals surface area contributed by atoms with Crippen LogP contribution < -0.4 is 5.32 Å². The fourth-order valence-corrected chi connectivity index (χ4v) is 0.603. The van der Waals surface area contributed by atoms with Gasteiger partial charge in [0.1, 0.15) is 0 Å². The molecule has 0 radical (unpaired) electrons. The number of hydrogen-bond acceptors (Lipinski definition) is 2. The first-order valence-corrected chi connectivity index (χ1v) is 4.08. The molecule has 0 heterocycles. The number of nitrogens with one attached hydrogen (secondary N) is 1. The molecule has 2 amide bonds. The molecule has 1 rings (SSSR count). The van der Waals surface area contributed by atoms with Gasteiger partial charge in [-0.25, -0.2) is 0 Å². The Hall–Kier alpha value is -0.952. The molecule has 0 aliphatic heterocycles. The Morgan fingerprint density at radius 1 is 1.67 bits per heavy atom.